The van der Waals surface area contributed by atoms with E-state index in [1.165, 1.54) is 60.8 Å². The van der Waals surface area contributed by atoms with Gasteiger partial charge in [-0.05, 0) is 48.2 Å². The Hall–Kier alpha value is -4.29. The van der Waals surface area contributed by atoms with Crippen LogP contribution in [-0.4, -0.2) is 46.4 Å². The molecule has 1 aliphatic rings. The van der Waals surface area contributed by atoms with Crippen LogP contribution < -0.4 is 15.8 Å². The van der Waals surface area contributed by atoms with Crippen LogP contribution in [0.2, 0.25) is 5.02 Å². The van der Waals surface area contributed by atoms with Gasteiger partial charge in [0.05, 0.1) is 30.3 Å². The van der Waals surface area contributed by atoms with Crippen LogP contribution in [0.4, 0.5) is 13.9 Å². The summed E-state index contributed by atoms with van der Waals surface area (Å²) in [6, 6.07) is 10.4. The summed E-state index contributed by atoms with van der Waals surface area (Å²) in [7, 11) is 2.97. The standard InChI is InChI=1S/C28H24ClF2N7O2S/c1-33-8-7-21(32)22-10-17(18-11-23(25(30)31)35-13-24(18)40-2)20(12-34-22)26(39)36-28-38-37-27(41-28)19-9-16(19)14-3-5-15(29)6-4-14/h3-8,10-13,16,19,25H,9,32H2,1-2H3,(H,36,38,39)/b21-7-,33-8?/t16-,19?/m0/s1. The quantitative estimate of drug-likeness (QED) is 0.223. The van der Waals surface area contributed by atoms with Crippen molar-refractivity contribution in [2.75, 3.05) is 19.5 Å². The van der Waals surface area contributed by atoms with Crippen molar-refractivity contribution >= 4 is 45.9 Å². The van der Waals surface area contributed by atoms with Crippen molar-refractivity contribution in [1.82, 2.24) is 20.2 Å². The fourth-order valence-corrected chi connectivity index (χ4v) is 5.40. The molecule has 41 heavy (non-hydrogen) atoms. The molecule has 0 radical (unpaired) electrons. The molecular weight excluding hydrogens is 572 g/mol. The van der Waals surface area contributed by atoms with Gasteiger partial charge in [-0.3, -0.25) is 25.1 Å². The molecule has 1 aromatic carbocycles. The number of hydrogen-bond acceptors (Lipinski definition) is 9. The van der Waals surface area contributed by atoms with Crippen LogP contribution in [0.5, 0.6) is 5.75 Å². The smallest absolute Gasteiger partial charge is 0.280 e. The second-order valence-corrected chi connectivity index (χ2v) is 10.6. The zero-order valence-electron chi connectivity index (χ0n) is 21.9. The van der Waals surface area contributed by atoms with E-state index in [2.05, 4.69) is 30.5 Å². The van der Waals surface area contributed by atoms with Crippen molar-refractivity contribution in [3.05, 3.63) is 87.4 Å². The highest BCUT2D eigenvalue weighted by atomic mass is 35.5. The lowest BCUT2D eigenvalue weighted by Crippen LogP contribution is -2.15. The van der Waals surface area contributed by atoms with Gasteiger partial charge in [-0.1, -0.05) is 35.1 Å². The highest BCUT2D eigenvalue weighted by Crippen LogP contribution is 2.55. The zero-order chi connectivity index (χ0) is 29.1. The maximum atomic E-state index is 13.6. The van der Waals surface area contributed by atoms with Gasteiger partial charge >= 0.3 is 0 Å². The van der Waals surface area contributed by atoms with Crippen LogP contribution in [0.1, 0.15) is 57.0 Å². The molecule has 0 spiro atoms. The molecule has 0 aliphatic heterocycles. The molecule has 3 aromatic heterocycles. The summed E-state index contributed by atoms with van der Waals surface area (Å²) in [6.07, 6.45) is 3.63. The van der Waals surface area contributed by atoms with Gasteiger partial charge in [0.15, 0.2) is 0 Å². The molecule has 2 atom stereocenters. The highest BCUT2D eigenvalue weighted by molar-refractivity contribution is 7.15. The third kappa shape index (κ3) is 6.23. The maximum Gasteiger partial charge on any atom is 0.280 e. The lowest BCUT2D eigenvalue weighted by Gasteiger charge is -2.15. The number of ether oxygens (including phenoxy) is 1. The van der Waals surface area contributed by atoms with Crippen molar-refractivity contribution in [3.8, 4) is 16.9 Å². The van der Waals surface area contributed by atoms with Gasteiger partial charge in [-0.15, -0.1) is 10.2 Å². The van der Waals surface area contributed by atoms with E-state index in [0.717, 1.165) is 11.4 Å². The number of nitrogens with two attached hydrogens (primary N) is 1. The Morgan fingerprint density at radius 3 is 2.66 bits per heavy atom. The van der Waals surface area contributed by atoms with Gasteiger partial charge in [-0.2, -0.15) is 0 Å². The fourth-order valence-electron chi connectivity index (χ4n) is 4.35. The Labute approximate surface area is 243 Å². The maximum absolute atomic E-state index is 13.6. The molecule has 0 saturated heterocycles. The van der Waals surface area contributed by atoms with Crippen molar-refractivity contribution in [2.24, 2.45) is 10.7 Å². The average molecular weight is 596 g/mol. The topological polar surface area (TPSA) is 128 Å². The molecule has 5 rings (SSSR count). The third-order valence-electron chi connectivity index (χ3n) is 6.54. The molecule has 0 bridgehead atoms. The number of aliphatic imine (C=N–C) groups is 1. The summed E-state index contributed by atoms with van der Waals surface area (Å²) < 4.78 is 32.5. The number of hydrogen-bond donors (Lipinski definition) is 2. The van der Waals surface area contributed by atoms with Crippen molar-refractivity contribution in [2.45, 2.75) is 24.7 Å². The number of pyridine rings is 2. The summed E-state index contributed by atoms with van der Waals surface area (Å²) in [6.45, 7) is 0. The number of rotatable bonds is 9. The molecule has 1 amide bonds. The van der Waals surface area contributed by atoms with E-state index in [4.69, 9.17) is 22.1 Å². The minimum absolute atomic E-state index is 0.0950. The first-order valence-electron chi connectivity index (χ1n) is 12.4. The molecule has 13 heteroatoms. The number of halogens is 3. The number of carbonyl (C=O) groups excluding carboxylic acids is 1. The number of nitrogens with one attached hydrogen (secondary N) is 1. The first kappa shape index (κ1) is 28.2. The summed E-state index contributed by atoms with van der Waals surface area (Å²) in [5.74, 6) is 0.151. The Bertz CT molecular complexity index is 1640. The number of allylic oxidation sites excluding steroid dienone is 1. The molecule has 1 saturated carbocycles. The Kier molecular flexibility index (Phi) is 8.31. The van der Waals surface area contributed by atoms with E-state index in [1.54, 1.807) is 7.05 Å². The number of carbonyl (C=O) groups is 1. The largest absolute Gasteiger partial charge is 0.494 e. The monoisotopic (exact) mass is 595 g/mol. The molecule has 1 fully saturated rings. The highest BCUT2D eigenvalue weighted by Gasteiger charge is 2.42. The third-order valence-corrected chi connectivity index (χ3v) is 7.76. The molecule has 1 aliphatic carbocycles. The second-order valence-electron chi connectivity index (χ2n) is 9.15. The molecule has 210 valence electrons. The molecule has 1 unspecified atom stereocenters. The van der Waals surface area contributed by atoms with Crippen LogP contribution in [-0.2, 0) is 0 Å². The number of alkyl halides is 2. The van der Waals surface area contributed by atoms with Crippen molar-refractivity contribution in [1.29, 1.82) is 0 Å². The predicted molar refractivity (Wildman–Crippen MR) is 155 cm³/mol. The summed E-state index contributed by atoms with van der Waals surface area (Å²) in [5, 5.41) is 13.0. The first-order valence-corrected chi connectivity index (χ1v) is 13.6. The number of benzene rings is 1. The van der Waals surface area contributed by atoms with Crippen molar-refractivity contribution < 1.29 is 18.3 Å². The zero-order valence-corrected chi connectivity index (χ0v) is 23.5. The van der Waals surface area contributed by atoms with Crippen LogP contribution in [0, 0.1) is 0 Å². The molecule has 9 nitrogen and oxygen atoms in total. The number of aromatic nitrogens is 4. The lowest BCUT2D eigenvalue weighted by molar-refractivity contribution is 0.102. The van der Waals surface area contributed by atoms with Crippen LogP contribution in [0.15, 0.2) is 59.9 Å². The molecule has 3 heterocycles. The van der Waals surface area contributed by atoms with Crippen LogP contribution in [0.25, 0.3) is 16.8 Å². The average Bonchev–Trinajstić information content (AvgIpc) is 3.65. The normalized spacial score (nSPS) is 16.8. The molecular formula is C28H24ClF2N7O2S. The first-order chi connectivity index (χ1) is 19.8. The van der Waals surface area contributed by atoms with Gasteiger partial charge in [0, 0.05) is 41.5 Å². The Morgan fingerprint density at radius 1 is 1.17 bits per heavy atom. The van der Waals surface area contributed by atoms with Gasteiger partial charge in [0.1, 0.15) is 16.5 Å². The molecule has 3 N–H and O–H groups in total. The van der Waals surface area contributed by atoms with E-state index in [9.17, 15) is 13.6 Å². The molecule has 4 aromatic rings. The van der Waals surface area contributed by atoms with E-state index in [-0.39, 0.29) is 34.1 Å². The van der Waals surface area contributed by atoms with Crippen LogP contribution >= 0.6 is 22.9 Å². The van der Waals surface area contributed by atoms with Crippen LogP contribution in [0.3, 0.4) is 0 Å². The number of nitrogens with zero attached hydrogens (tertiary/aromatic N) is 5. The minimum atomic E-state index is -2.83. The Balaban J connectivity index is 1.45. The number of methoxy groups -OCH3 is 1. The summed E-state index contributed by atoms with van der Waals surface area (Å²) in [5.41, 5.74) is 8.01. The Morgan fingerprint density at radius 2 is 1.95 bits per heavy atom. The van der Waals surface area contributed by atoms with Gasteiger partial charge in [0.25, 0.3) is 12.3 Å². The fraction of sp³-hybridized carbons (Fsp3) is 0.214. The van der Waals surface area contributed by atoms with Gasteiger partial charge in [-0.25, -0.2) is 8.78 Å². The predicted octanol–water partition coefficient (Wildman–Crippen LogP) is 6.12. The van der Waals surface area contributed by atoms with Crippen molar-refractivity contribution in [3.63, 3.8) is 0 Å². The number of amides is 1. The second kappa shape index (κ2) is 12.1. The lowest BCUT2D eigenvalue weighted by atomic mass is 9.98. The SMILES string of the molecule is CN=C/C=C(\N)c1cc(-c2cc(C(F)F)ncc2OC)c(C(=O)Nc2nnc(C3C[C@H]3c3ccc(Cl)cc3)s2)cn1. The minimum Gasteiger partial charge on any atom is -0.494 e. The van der Waals surface area contributed by atoms with E-state index in [0.29, 0.717) is 21.8 Å². The number of anilines is 1. The summed E-state index contributed by atoms with van der Waals surface area (Å²) >= 11 is 7.29. The van der Waals surface area contributed by atoms with Gasteiger partial charge in [0.2, 0.25) is 5.13 Å². The summed E-state index contributed by atoms with van der Waals surface area (Å²) in [4.78, 5) is 25.5. The van der Waals surface area contributed by atoms with E-state index >= 15 is 0 Å². The van der Waals surface area contributed by atoms with E-state index < -0.39 is 18.0 Å². The van der Waals surface area contributed by atoms with Gasteiger partial charge < -0.3 is 10.5 Å². The van der Waals surface area contributed by atoms with E-state index in [1.807, 2.05) is 24.3 Å².